The fourth-order valence-corrected chi connectivity index (χ4v) is 3.57. The highest BCUT2D eigenvalue weighted by Gasteiger charge is 2.53. The van der Waals surface area contributed by atoms with E-state index in [0.29, 0.717) is 0 Å². The molecule has 4 unspecified atom stereocenters. The molecule has 1 aliphatic heterocycles. The van der Waals surface area contributed by atoms with Gasteiger partial charge in [-0.25, -0.2) is 0 Å². The second-order valence-corrected chi connectivity index (χ2v) is 5.75. The van der Waals surface area contributed by atoms with Crippen molar-refractivity contribution in [2.45, 2.75) is 22.5 Å². The van der Waals surface area contributed by atoms with E-state index in [4.69, 9.17) is 0 Å². The molecule has 72 valence electrons. The summed E-state index contributed by atoms with van der Waals surface area (Å²) in [5, 5.41) is 0. The second kappa shape index (κ2) is 3.35. The molecule has 1 heterocycles. The Labute approximate surface area is 92.5 Å². The van der Waals surface area contributed by atoms with Crippen LogP contribution < -0.4 is 0 Å². The van der Waals surface area contributed by atoms with Crippen LogP contribution in [0.3, 0.4) is 0 Å². The standard InChI is InChI=1S/C8H8Br2O3/c9-3-1-2-4(10)6-5(3)7(11)13-8(6)12/h3-6H,1-2H2. The second-order valence-electron chi connectivity index (χ2n) is 3.40. The van der Waals surface area contributed by atoms with Gasteiger partial charge in [0.15, 0.2) is 0 Å². The summed E-state index contributed by atoms with van der Waals surface area (Å²) < 4.78 is 4.61. The molecule has 0 bridgehead atoms. The maximum absolute atomic E-state index is 11.3. The average Bonchev–Trinajstić information content (AvgIpc) is 2.36. The molecule has 13 heavy (non-hydrogen) atoms. The van der Waals surface area contributed by atoms with Crippen LogP contribution in [0.4, 0.5) is 0 Å². The summed E-state index contributed by atoms with van der Waals surface area (Å²) in [6, 6.07) is 0. The Hall–Kier alpha value is 0.1000. The molecule has 2 rings (SSSR count). The predicted molar refractivity (Wildman–Crippen MR) is 52.7 cm³/mol. The fraction of sp³-hybridized carbons (Fsp3) is 0.750. The molecule has 0 amide bonds. The third kappa shape index (κ3) is 1.46. The summed E-state index contributed by atoms with van der Waals surface area (Å²) in [4.78, 5) is 22.7. The Morgan fingerprint density at radius 2 is 1.38 bits per heavy atom. The summed E-state index contributed by atoms with van der Waals surface area (Å²) in [5.74, 6) is -1.32. The predicted octanol–water partition coefficient (Wildman–Crippen LogP) is 1.62. The van der Waals surface area contributed by atoms with Crippen LogP contribution in [-0.4, -0.2) is 21.6 Å². The quantitative estimate of drug-likeness (QED) is 0.388. The van der Waals surface area contributed by atoms with E-state index >= 15 is 0 Å². The zero-order chi connectivity index (χ0) is 9.59. The minimum absolute atomic E-state index is 0.0882. The number of cyclic esters (lactones) is 2. The van der Waals surface area contributed by atoms with E-state index in [1.54, 1.807) is 0 Å². The SMILES string of the molecule is O=C1OC(=O)C2C(Br)CCC(Br)C12. The van der Waals surface area contributed by atoms with Gasteiger partial charge in [-0.05, 0) is 12.8 Å². The normalized spacial score (nSPS) is 44.5. The van der Waals surface area contributed by atoms with Crippen LogP contribution in [0.1, 0.15) is 12.8 Å². The minimum atomic E-state index is -0.374. The van der Waals surface area contributed by atoms with Gasteiger partial charge in [0.25, 0.3) is 0 Å². The van der Waals surface area contributed by atoms with Crippen LogP contribution in [0.15, 0.2) is 0 Å². The smallest absolute Gasteiger partial charge is 0.318 e. The van der Waals surface area contributed by atoms with Crippen LogP contribution in [0, 0.1) is 11.8 Å². The monoisotopic (exact) mass is 310 g/mol. The Kier molecular flexibility index (Phi) is 2.49. The van der Waals surface area contributed by atoms with Crippen molar-refractivity contribution < 1.29 is 14.3 Å². The van der Waals surface area contributed by atoms with Crippen molar-refractivity contribution in [3.05, 3.63) is 0 Å². The molecule has 0 radical (unpaired) electrons. The van der Waals surface area contributed by atoms with Crippen LogP contribution >= 0.6 is 31.9 Å². The van der Waals surface area contributed by atoms with Gasteiger partial charge in [0.2, 0.25) is 0 Å². The summed E-state index contributed by atoms with van der Waals surface area (Å²) >= 11 is 6.83. The summed E-state index contributed by atoms with van der Waals surface area (Å²) in [5.41, 5.74) is 0. The van der Waals surface area contributed by atoms with Gasteiger partial charge < -0.3 is 4.74 Å². The maximum atomic E-state index is 11.3. The van der Waals surface area contributed by atoms with Gasteiger partial charge in [-0.2, -0.15) is 0 Å². The molecule has 1 saturated heterocycles. The van der Waals surface area contributed by atoms with E-state index in [1.807, 2.05) is 0 Å². The maximum Gasteiger partial charge on any atom is 0.318 e. The lowest BCUT2D eigenvalue weighted by molar-refractivity contribution is -0.153. The van der Waals surface area contributed by atoms with Crippen molar-refractivity contribution in [3.63, 3.8) is 0 Å². The highest BCUT2D eigenvalue weighted by atomic mass is 79.9. The number of halogens is 2. The molecule has 0 N–H and O–H groups in total. The number of fused-ring (bicyclic) bond motifs is 1. The van der Waals surface area contributed by atoms with Crippen LogP contribution in [0.5, 0.6) is 0 Å². The number of hydrogen-bond donors (Lipinski definition) is 0. The molecule has 0 aromatic rings. The number of carbonyl (C=O) groups excluding carboxylic acids is 2. The van der Waals surface area contributed by atoms with Gasteiger partial charge in [-0.15, -0.1) is 0 Å². The first-order chi connectivity index (χ1) is 6.11. The van der Waals surface area contributed by atoms with Crippen molar-refractivity contribution in [1.29, 1.82) is 0 Å². The minimum Gasteiger partial charge on any atom is -0.393 e. The Morgan fingerprint density at radius 3 is 1.77 bits per heavy atom. The first-order valence-electron chi connectivity index (χ1n) is 4.15. The van der Waals surface area contributed by atoms with Gasteiger partial charge >= 0.3 is 11.9 Å². The summed E-state index contributed by atoms with van der Waals surface area (Å²) in [7, 11) is 0. The molecule has 2 aliphatic rings. The van der Waals surface area contributed by atoms with Gasteiger partial charge in [0, 0.05) is 9.65 Å². The first-order valence-corrected chi connectivity index (χ1v) is 5.98. The van der Waals surface area contributed by atoms with E-state index in [0.717, 1.165) is 12.8 Å². The largest absolute Gasteiger partial charge is 0.393 e. The van der Waals surface area contributed by atoms with Crippen molar-refractivity contribution in [2.24, 2.45) is 11.8 Å². The Balaban J connectivity index is 2.29. The number of ether oxygens (including phenoxy) is 1. The number of esters is 2. The number of rotatable bonds is 0. The van der Waals surface area contributed by atoms with Gasteiger partial charge in [-0.1, -0.05) is 31.9 Å². The average molecular weight is 312 g/mol. The number of carbonyl (C=O) groups is 2. The number of alkyl halides is 2. The van der Waals surface area contributed by atoms with Gasteiger partial charge in [-0.3, -0.25) is 9.59 Å². The van der Waals surface area contributed by atoms with Crippen molar-refractivity contribution in [2.75, 3.05) is 0 Å². The van der Waals surface area contributed by atoms with E-state index < -0.39 is 0 Å². The van der Waals surface area contributed by atoms with Crippen LogP contribution in [0.25, 0.3) is 0 Å². The zero-order valence-electron chi connectivity index (χ0n) is 6.70. The molecule has 0 aromatic heterocycles. The van der Waals surface area contributed by atoms with Crippen molar-refractivity contribution >= 4 is 43.8 Å². The molecule has 4 atom stereocenters. The van der Waals surface area contributed by atoms with Crippen LogP contribution in [0.2, 0.25) is 0 Å². The Morgan fingerprint density at radius 1 is 1.00 bits per heavy atom. The molecule has 5 heteroatoms. The summed E-state index contributed by atoms with van der Waals surface area (Å²) in [6.45, 7) is 0. The van der Waals surface area contributed by atoms with E-state index in [1.165, 1.54) is 0 Å². The third-order valence-corrected chi connectivity index (χ3v) is 4.68. The molecule has 3 nitrogen and oxygen atoms in total. The zero-order valence-corrected chi connectivity index (χ0v) is 9.88. The molecular formula is C8H8Br2O3. The van der Waals surface area contributed by atoms with Crippen LogP contribution in [-0.2, 0) is 14.3 Å². The topological polar surface area (TPSA) is 43.4 Å². The molecule has 0 aromatic carbocycles. The third-order valence-electron chi connectivity index (χ3n) is 2.63. The molecule has 1 aliphatic carbocycles. The number of hydrogen-bond acceptors (Lipinski definition) is 3. The van der Waals surface area contributed by atoms with Gasteiger partial charge in [0.05, 0.1) is 11.8 Å². The lowest BCUT2D eigenvalue weighted by Crippen LogP contribution is -2.37. The van der Waals surface area contributed by atoms with Gasteiger partial charge in [0.1, 0.15) is 0 Å². The van der Waals surface area contributed by atoms with Crippen molar-refractivity contribution in [1.82, 2.24) is 0 Å². The lowest BCUT2D eigenvalue weighted by atomic mass is 9.81. The molecular weight excluding hydrogens is 304 g/mol. The molecule has 2 fully saturated rings. The highest BCUT2D eigenvalue weighted by Crippen LogP contribution is 2.43. The lowest BCUT2D eigenvalue weighted by Gasteiger charge is -2.28. The highest BCUT2D eigenvalue weighted by molar-refractivity contribution is 9.10. The van der Waals surface area contributed by atoms with E-state index in [9.17, 15) is 9.59 Å². The van der Waals surface area contributed by atoms with E-state index in [2.05, 4.69) is 36.6 Å². The molecule has 0 spiro atoms. The fourth-order valence-electron chi connectivity index (χ4n) is 1.95. The molecule has 1 saturated carbocycles. The first kappa shape index (κ1) is 9.65. The van der Waals surface area contributed by atoms with E-state index in [-0.39, 0.29) is 33.4 Å². The summed E-state index contributed by atoms with van der Waals surface area (Å²) in [6.07, 6.45) is 1.80. The van der Waals surface area contributed by atoms with Crippen molar-refractivity contribution in [3.8, 4) is 0 Å². The Bertz CT molecular complexity index is 240.